The minimum Gasteiger partial charge on any atom is -0.323 e. The maximum absolute atomic E-state index is 14.2. The number of fused-ring (bicyclic) bond motifs is 1. The molecule has 4 aromatic rings. The van der Waals surface area contributed by atoms with Crippen molar-refractivity contribution in [2.24, 2.45) is 7.05 Å². The third kappa shape index (κ3) is 2.67. The summed E-state index contributed by atoms with van der Waals surface area (Å²) in [5, 5.41) is 0. The van der Waals surface area contributed by atoms with Gasteiger partial charge in [0.1, 0.15) is 28.8 Å². The summed E-state index contributed by atoms with van der Waals surface area (Å²) in [4.78, 5) is 13.3. The molecule has 25 heavy (non-hydrogen) atoms. The molecular formula is C18H15F2N5. The Bertz CT molecular complexity index is 1080. The predicted octanol–water partition coefficient (Wildman–Crippen LogP) is 3.47. The molecule has 0 spiro atoms. The van der Waals surface area contributed by atoms with E-state index in [1.54, 1.807) is 17.0 Å². The number of rotatable bonds is 3. The lowest BCUT2D eigenvalue weighted by molar-refractivity contribution is 0.600. The quantitative estimate of drug-likeness (QED) is 0.574. The second-order valence-electron chi connectivity index (χ2n) is 5.89. The molecule has 0 N–H and O–H groups in total. The molecular weight excluding hydrogens is 324 g/mol. The van der Waals surface area contributed by atoms with Gasteiger partial charge < -0.3 is 9.13 Å². The van der Waals surface area contributed by atoms with Crippen LogP contribution in [0.3, 0.4) is 0 Å². The Morgan fingerprint density at radius 1 is 1.12 bits per heavy atom. The first-order valence-electron chi connectivity index (χ1n) is 7.78. The fourth-order valence-electron chi connectivity index (χ4n) is 2.92. The van der Waals surface area contributed by atoms with E-state index in [4.69, 9.17) is 0 Å². The van der Waals surface area contributed by atoms with Crippen LogP contribution in [0.25, 0.3) is 22.6 Å². The van der Waals surface area contributed by atoms with Crippen LogP contribution < -0.4 is 0 Å². The maximum atomic E-state index is 14.2. The second kappa shape index (κ2) is 5.77. The van der Waals surface area contributed by atoms with E-state index in [-0.39, 0.29) is 5.56 Å². The second-order valence-corrected chi connectivity index (χ2v) is 5.89. The van der Waals surface area contributed by atoms with E-state index in [9.17, 15) is 8.78 Å². The number of benzene rings is 1. The molecule has 5 nitrogen and oxygen atoms in total. The summed E-state index contributed by atoms with van der Waals surface area (Å²) in [6.07, 6.45) is 3.51. The highest BCUT2D eigenvalue weighted by Gasteiger charge is 2.16. The molecule has 3 heterocycles. The molecule has 0 saturated carbocycles. The number of pyridine rings is 1. The monoisotopic (exact) mass is 339 g/mol. The van der Waals surface area contributed by atoms with Gasteiger partial charge in [0, 0.05) is 19.4 Å². The van der Waals surface area contributed by atoms with Crippen molar-refractivity contribution in [3.63, 3.8) is 0 Å². The zero-order valence-corrected chi connectivity index (χ0v) is 13.7. The Morgan fingerprint density at radius 2 is 1.96 bits per heavy atom. The van der Waals surface area contributed by atoms with Crippen LogP contribution in [0, 0.1) is 18.6 Å². The summed E-state index contributed by atoms with van der Waals surface area (Å²) in [6, 6.07) is 7.07. The molecule has 126 valence electrons. The standard InChI is InChI=1S/C18H15F2N5/c1-11-9-25(17(22-11)13-8-12(19)5-6-14(13)20)10-16-23-15-4-3-7-21-18(15)24(16)2/h3-9H,10H2,1-2H3. The number of hydrogen-bond donors (Lipinski definition) is 0. The van der Waals surface area contributed by atoms with E-state index in [0.717, 1.165) is 40.9 Å². The van der Waals surface area contributed by atoms with E-state index in [2.05, 4.69) is 15.0 Å². The topological polar surface area (TPSA) is 48.5 Å². The minimum atomic E-state index is -0.514. The summed E-state index contributed by atoms with van der Waals surface area (Å²) in [5.74, 6) is 0.106. The van der Waals surface area contributed by atoms with Gasteiger partial charge in [-0.2, -0.15) is 0 Å². The van der Waals surface area contributed by atoms with Crippen LogP contribution in [-0.4, -0.2) is 24.1 Å². The van der Waals surface area contributed by atoms with Crippen LogP contribution in [0.15, 0.2) is 42.7 Å². The third-order valence-corrected chi connectivity index (χ3v) is 4.10. The average molecular weight is 339 g/mol. The largest absolute Gasteiger partial charge is 0.323 e. The molecule has 0 fully saturated rings. The number of aromatic nitrogens is 5. The summed E-state index contributed by atoms with van der Waals surface area (Å²) in [7, 11) is 1.88. The normalized spacial score (nSPS) is 11.4. The fraction of sp³-hybridized carbons (Fsp3) is 0.167. The van der Waals surface area contributed by atoms with Gasteiger partial charge in [0.2, 0.25) is 0 Å². The summed E-state index contributed by atoms with van der Waals surface area (Å²) >= 11 is 0. The zero-order chi connectivity index (χ0) is 17.6. The SMILES string of the molecule is Cc1cn(Cc2nc3cccnc3n2C)c(-c2cc(F)ccc2F)n1. The smallest absolute Gasteiger partial charge is 0.159 e. The summed E-state index contributed by atoms with van der Waals surface area (Å²) in [6.45, 7) is 2.19. The van der Waals surface area contributed by atoms with Crippen LogP contribution >= 0.6 is 0 Å². The fourth-order valence-corrected chi connectivity index (χ4v) is 2.92. The predicted molar refractivity (Wildman–Crippen MR) is 89.9 cm³/mol. The number of halogens is 2. The summed E-state index contributed by atoms with van der Waals surface area (Å²) in [5.41, 5.74) is 2.41. The van der Waals surface area contributed by atoms with Crippen LogP contribution in [0.1, 0.15) is 11.5 Å². The van der Waals surface area contributed by atoms with Gasteiger partial charge in [-0.25, -0.2) is 23.7 Å². The lowest BCUT2D eigenvalue weighted by atomic mass is 10.2. The molecule has 0 unspecified atom stereocenters. The first kappa shape index (κ1) is 15.4. The van der Waals surface area contributed by atoms with Crippen molar-refractivity contribution < 1.29 is 8.78 Å². The van der Waals surface area contributed by atoms with Crippen LogP contribution in [-0.2, 0) is 13.6 Å². The van der Waals surface area contributed by atoms with Crippen LogP contribution in [0.4, 0.5) is 8.78 Å². The van der Waals surface area contributed by atoms with Crippen molar-refractivity contribution >= 4 is 11.2 Å². The lowest BCUT2D eigenvalue weighted by Crippen LogP contribution is -2.07. The minimum absolute atomic E-state index is 0.130. The highest BCUT2D eigenvalue weighted by Crippen LogP contribution is 2.24. The number of aryl methyl sites for hydroxylation is 2. The Kier molecular flexibility index (Phi) is 3.56. The molecule has 0 amide bonds. The van der Waals surface area contributed by atoms with Gasteiger partial charge in [-0.1, -0.05) is 0 Å². The lowest BCUT2D eigenvalue weighted by Gasteiger charge is -2.09. The molecule has 0 aliphatic heterocycles. The number of hydrogen-bond acceptors (Lipinski definition) is 3. The molecule has 0 saturated heterocycles. The molecule has 0 aliphatic carbocycles. The van der Waals surface area contributed by atoms with Crippen molar-refractivity contribution in [3.05, 3.63) is 65.9 Å². The van der Waals surface area contributed by atoms with Gasteiger partial charge in [0.25, 0.3) is 0 Å². The molecule has 7 heteroatoms. The van der Waals surface area contributed by atoms with Gasteiger partial charge >= 0.3 is 0 Å². The molecule has 3 aromatic heterocycles. The first-order valence-corrected chi connectivity index (χ1v) is 7.78. The van der Waals surface area contributed by atoms with Gasteiger partial charge in [0.15, 0.2) is 5.65 Å². The number of imidazole rings is 2. The number of nitrogens with zero attached hydrogens (tertiary/aromatic N) is 5. The Labute approximate surface area is 142 Å². The van der Waals surface area contributed by atoms with E-state index < -0.39 is 11.6 Å². The van der Waals surface area contributed by atoms with E-state index in [0.29, 0.717) is 12.4 Å². The van der Waals surface area contributed by atoms with Crippen molar-refractivity contribution in [1.82, 2.24) is 24.1 Å². The van der Waals surface area contributed by atoms with Crippen molar-refractivity contribution in [2.45, 2.75) is 13.5 Å². The van der Waals surface area contributed by atoms with E-state index in [1.165, 1.54) is 0 Å². The van der Waals surface area contributed by atoms with E-state index >= 15 is 0 Å². The Hall–Kier alpha value is -3.09. The highest BCUT2D eigenvalue weighted by molar-refractivity contribution is 5.71. The van der Waals surface area contributed by atoms with E-state index in [1.807, 2.05) is 30.7 Å². The van der Waals surface area contributed by atoms with Crippen LogP contribution in [0.2, 0.25) is 0 Å². The van der Waals surface area contributed by atoms with Gasteiger partial charge in [-0.3, -0.25) is 0 Å². The molecule has 1 aromatic carbocycles. The molecule has 0 radical (unpaired) electrons. The van der Waals surface area contributed by atoms with Gasteiger partial charge in [-0.05, 0) is 37.3 Å². The Balaban J connectivity index is 1.81. The summed E-state index contributed by atoms with van der Waals surface area (Å²) < 4.78 is 31.4. The van der Waals surface area contributed by atoms with Gasteiger partial charge in [0.05, 0.1) is 17.8 Å². The van der Waals surface area contributed by atoms with Gasteiger partial charge in [-0.15, -0.1) is 0 Å². The first-order chi connectivity index (χ1) is 12.0. The molecule has 0 atom stereocenters. The molecule has 0 aliphatic rings. The van der Waals surface area contributed by atoms with Crippen molar-refractivity contribution in [2.75, 3.05) is 0 Å². The molecule has 0 bridgehead atoms. The van der Waals surface area contributed by atoms with Crippen molar-refractivity contribution in [3.8, 4) is 11.4 Å². The highest BCUT2D eigenvalue weighted by atomic mass is 19.1. The zero-order valence-electron chi connectivity index (χ0n) is 13.7. The maximum Gasteiger partial charge on any atom is 0.159 e. The van der Waals surface area contributed by atoms with Crippen LogP contribution in [0.5, 0.6) is 0 Å². The third-order valence-electron chi connectivity index (χ3n) is 4.10. The van der Waals surface area contributed by atoms with Crippen molar-refractivity contribution in [1.29, 1.82) is 0 Å². The average Bonchev–Trinajstić information content (AvgIpc) is 3.11. The Morgan fingerprint density at radius 3 is 2.76 bits per heavy atom. The molecule has 4 rings (SSSR count).